The van der Waals surface area contributed by atoms with Gasteiger partial charge >= 0.3 is 0 Å². The summed E-state index contributed by atoms with van der Waals surface area (Å²) in [4.78, 5) is 0. The second-order valence-corrected chi connectivity index (χ2v) is 10.7. The topological polar surface area (TPSA) is 23.8 Å². The Balaban J connectivity index is 1.83. The van der Waals surface area contributed by atoms with Crippen molar-refractivity contribution in [1.82, 2.24) is 0 Å². The van der Waals surface area contributed by atoms with Gasteiger partial charge in [-0.2, -0.15) is 5.26 Å². The van der Waals surface area contributed by atoms with Gasteiger partial charge in [-0.15, -0.1) is 13.2 Å². The van der Waals surface area contributed by atoms with Crippen LogP contribution in [0, 0.1) is 23.7 Å². The molecule has 0 fully saturated rings. The minimum absolute atomic E-state index is 0.189. The Hall–Kier alpha value is -3.11. The van der Waals surface area contributed by atoms with Crippen LogP contribution in [-0.2, 0) is 31.1 Å². The fourth-order valence-corrected chi connectivity index (χ4v) is 5.96. The number of nitriles is 1. The van der Waals surface area contributed by atoms with Gasteiger partial charge in [0.15, 0.2) is 0 Å². The van der Waals surface area contributed by atoms with E-state index in [2.05, 4.69) is 83.0 Å². The Morgan fingerprint density at radius 3 is 2.50 bits per heavy atom. The number of rotatable bonds is 7. The molecule has 0 heterocycles. The van der Waals surface area contributed by atoms with Gasteiger partial charge in [-0.3, -0.25) is 0 Å². The lowest BCUT2D eigenvalue weighted by Gasteiger charge is -2.39. The molecular weight excluding hydrogens is 410 g/mol. The SMILES string of the molecule is C=CCCc1ccc(C2(C#N)CCc3c(ccc4c3C=CC(C)(C)C4)C2=C)c(CCC=C)c1C. The molecular formula is C33H37N. The lowest BCUT2D eigenvalue weighted by molar-refractivity contribution is 0.474. The van der Waals surface area contributed by atoms with Crippen molar-refractivity contribution in [3.8, 4) is 6.07 Å². The van der Waals surface area contributed by atoms with Gasteiger partial charge in [0.1, 0.15) is 5.41 Å². The van der Waals surface area contributed by atoms with Crippen LogP contribution in [0.3, 0.4) is 0 Å². The van der Waals surface area contributed by atoms with Gasteiger partial charge in [0.2, 0.25) is 0 Å². The Labute approximate surface area is 206 Å². The third kappa shape index (κ3) is 4.01. The Kier molecular flexibility index (Phi) is 6.55. The molecule has 0 radical (unpaired) electrons. The first kappa shape index (κ1) is 24.0. The first-order valence-corrected chi connectivity index (χ1v) is 12.6. The number of allylic oxidation sites excluding steroid dienone is 4. The molecule has 0 aliphatic heterocycles. The van der Waals surface area contributed by atoms with Gasteiger partial charge in [0, 0.05) is 0 Å². The van der Waals surface area contributed by atoms with Crippen molar-refractivity contribution in [2.45, 2.75) is 71.1 Å². The van der Waals surface area contributed by atoms with E-state index in [1.54, 1.807) is 0 Å². The normalized spacial score (nSPS) is 20.2. The maximum atomic E-state index is 10.7. The highest BCUT2D eigenvalue weighted by atomic mass is 14.5. The number of hydrogen-bond donors (Lipinski definition) is 0. The Morgan fingerprint density at radius 1 is 1.06 bits per heavy atom. The number of aryl methyl sites for hydroxylation is 1. The smallest absolute Gasteiger partial charge is 0.108 e. The van der Waals surface area contributed by atoms with E-state index < -0.39 is 5.41 Å². The highest BCUT2D eigenvalue weighted by Gasteiger charge is 2.42. The molecule has 0 bridgehead atoms. The molecule has 2 aliphatic rings. The predicted octanol–water partition coefficient (Wildman–Crippen LogP) is 8.25. The van der Waals surface area contributed by atoms with Gasteiger partial charge < -0.3 is 0 Å². The molecule has 0 N–H and O–H groups in total. The summed E-state index contributed by atoms with van der Waals surface area (Å²) in [5, 5.41) is 10.7. The molecule has 0 aromatic heterocycles. The van der Waals surface area contributed by atoms with E-state index in [0.29, 0.717) is 0 Å². The lowest BCUT2D eigenvalue weighted by Crippen LogP contribution is -2.33. The first-order chi connectivity index (χ1) is 16.3. The summed E-state index contributed by atoms with van der Waals surface area (Å²) >= 11 is 0. The van der Waals surface area contributed by atoms with E-state index >= 15 is 0 Å². The molecule has 2 aliphatic carbocycles. The van der Waals surface area contributed by atoms with Crippen molar-refractivity contribution in [3.05, 3.63) is 107 Å². The molecule has 34 heavy (non-hydrogen) atoms. The molecule has 2 aromatic rings. The average Bonchev–Trinajstić information content (AvgIpc) is 2.82. The first-order valence-electron chi connectivity index (χ1n) is 12.6. The minimum Gasteiger partial charge on any atom is -0.197 e. The molecule has 174 valence electrons. The van der Waals surface area contributed by atoms with Crippen LogP contribution in [0.4, 0.5) is 0 Å². The molecule has 0 spiro atoms. The van der Waals surface area contributed by atoms with E-state index in [0.717, 1.165) is 56.1 Å². The van der Waals surface area contributed by atoms with E-state index in [-0.39, 0.29) is 5.41 Å². The maximum absolute atomic E-state index is 10.7. The van der Waals surface area contributed by atoms with Crippen molar-refractivity contribution in [1.29, 1.82) is 5.26 Å². The van der Waals surface area contributed by atoms with Crippen LogP contribution in [0.25, 0.3) is 11.6 Å². The Morgan fingerprint density at radius 2 is 1.79 bits per heavy atom. The lowest BCUT2D eigenvalue weighted by atomic mass is 9.62. The van der Waals surface area contributed by atoms with E-state index in [4.69, 9.17) is 0 Å². The van der Waals surface area contributed by atoms with Crippen LogP contribution in [0.2, 0.25) is 0 Å². The fraction of sp³-hybridized carbons (Fsp3) is 0.364. The molecule has 1 atom stereocenters. The number of hydrogen-bond acceptors (Lipinski definition) is 1. The summed E-state index contributed by atoms with van der Waals surface area (Å²) in [7, 11) is 0. The zero-order valence-corrected chi connectivity index (χ0v) is 21.1. The average molecular weight is 448 g/mol. The number of fused-ring (bicyclic) bond motifs is 3. The summed E-state index contributed by atoms with van der Waals surface area (Å²) < 4.78 is 0. The van der Waals surface area contributed by atoms with Gasteiger partial charge in [0.05, 0.1) is 6.07 Å². The van der Waals surface area contributed by atoms with Crippen LogP contribution in [-0.4, -0.2) is 0 Å². The molecule has 0 saturated heterocycles. The highest BCUT2D eigenvalue weighted by molar-refractivity contribution is 5.84. The van der Waals surface area contributed by atoms with Gasteiger partial charge in [0.25, 0.3) is 0 Å². The molecule has 0 amide bonds. The second-order valence-electron chi connectivity index (χ2n) is 10.7. The fourth-order valence-electron chi connectivity index (χ4n) is 5.96. The third-order valence-corrected chi connectivity index (χ3v) is 7.96. The molecule has 0 saturated carbocycles. The molecule has 1 nitrogen and oxygen atoms in total. The summed E-state index contributed by atoms with van der Waals surface area (Å²) in [5.41, 5.74) is 10.8. The monoisotopic (exact) mass is 447 g/mol. The standard InChI is InChI=1S/C33H37N/c1-7-9-11-25-14-16-31(27(23(25)3)12-10-8-2)33(22-34)20-18-30-28(24(33)4)15-13-26-21-32(5,6)19-17-29(26)30/h7-8,13-17,19H,1-2,4,9-12,18,20-21H2,3,5-6H3. The summed E-state index contributed by atoms with van der Waals surface area (Å²) in [6.07, 6.45) is 15.1. The van der Waals surface area contributed by atoms with Gasteiger partial charge in [-0.05, 0) is 107 Å². The van der Waals surface area contributed by atoms with Crippen molar-refractivity contribution in [2.75, 3.05) is 0 Å². The predicted molar refractivity (Wildman–Crippen MR) is 146 cm³/mol. The summed E-state index contributed by atoms with van der Waals surface area (Å²) in [6, 6.07) is 11.7. The van der Waals surface area contributed by atoms with Crippen molar-refractivity contribution < 1.29 is 0 Å². The van der Waals surface area contributed by atoms with Crippen molar-refractivity contribution in [2.24, 2.45) is 5.41 Å². The molecule has 1 heteroatoms. The quantitative estimate of drug-likeness (QED) is 0.392. The van der Waals surface area contributed by atoms with Crippen LogP contribution in [0.1, 0.15) is 77.6 Å². The third-order valence-electron chi connectivity index (χ3n) is 7.96. The molecule has 1 unspecified atom stereocenters. The van der Waals surface area contributed by atoms with Gasteiger partial charge in [-0.25, -0.2) is 0 Å². The maximum Gasteiger partial charge on any atom is 0.108 e. The summed E-state index contributed by atoms with van der Waals surface area (Å²) in [6.45, 7) is 19.2. The summed E-state index contributed by atoms with van der Waals surface area (Å²) in [5.74, 6) is 0. The number of nitrogens with zero attached hydrogens (tertiary/aromatic N) is 1. The minimum atomic E-state index is -0.697. The zero-order valence-electron chi connectivity index (χ0n) is 21.1. The molecule has 2 aromatic carbocycles. The van der Waals surface area contributed by atoms with Crippen molar-refractivity contribution in [3.63, 3.8) is 0 Å². The Bertz CT molecular complexity index is 1230. The van der Waals surface area contributed by atoms with Crippen LogP contribution >= 0.6 is 0 Å². The van der Waals surface area contributed by atoms with E-state index in [1.165, 1.54) is 38.9 Å². The van der Waals surface area contributed by atoms with Crippen LogP contribution in [0.15, 0.2) is 62.2 Å². The van der Waals surface area contributed by atoms with E-state index in [9.17, 15) is 5.26 Å². The van der Waals surface area contributed by atoms with Crippen LogP contribution in [0.5, 0.6) is 0 Å². The second kappa shape index (κ2) is 9.27. The zero-order chi connectivity index (χ0) is 24.5. The van der Waals surface area contributed by atoms with E-state index in [1.807, 2.05) is 12.2 Å². The number of benzene rings is 2. The molecule has 4 rings (SSSR count). The largest absolute Gasteiger partial charge is 0.197 e. The highest BCUT2D eigenvalue weighted by Crippen LogP contribution is 2.50. The van der Waals surface area contributed by atoms with Crippen LogP contribution < -0.4 is 0 Å². The van der Waals surface area contributed by atoms with Crippen molar-refractivity contribution >= 4 is 11.6 Å². The van der Waals surface area contributed by atoms with Gasteiger partial charge in [-0.1, -0.05) is 69.0 Å².